The van der Waals surface area contributed by atoms with Gasteiger partial charge in [0.05, 0.1) is 28.0 Å². The number of furan rings is 1. The maximum Gasteiger partial charge on any atom is 0.286 e. The highest BCUT2D eigenvalue weighted by atomic mass is 35.5. The summed E-state index contributed by atoms with van der Waals surface area (Å²) in [4.78, 5) is 29.4. The number of anilines is 1. The molecule has 0 spiro atoms. The van der Waals surface area contributed by atoms with E-state index in [4.69, 9.17) is 16.0 Å². The van der Waals surface area contributed by atoms with E-state index in [1.807, 2.05) is 28.8 Å². The molecule has 0 saturated carbocycles. The highest BCUT2D eigenvalue weighted by molar-refractivity contribution is 6.33. The zero-order valence-electron chi connectivity index (χ0n) is 16.0. The number of benzene rings is 2. The number of para-hydroxylation sites is 3. The number of hydrogen-bond acceptors (Lipinski definition) is 4. The van der Waals surface area contributed by atoms with Gasteiger partial charge in [0.25, 0.3) is 5.91 Å². The molecule has 7 nitrogen and oxygen atoms in total. The number of carbonyl (C=O) groups excluding carboxylic acids is 2. The number of nitrogens with one attached hydrogen (secondary N) is 2. The third-order valence-corrected chi connectivity index (χ3v) is 4.89. The van der Waals surface area contributed by atoms with Crippen molar-refractivity contribution in [2.24, 2.45) is 0 Å². The van der Waals surface area contributed by atoms with E-state index in [-0.39, 0.29) is 24.1 Å². The summed E-state index contributed by atoms with van der Waals surface area (Å²) in [6.45, 7) is 0.433. The zero-order valence-corrected chi connectivity index (χ0v) is 16.7. The van der Waals surface area contributed by atoms with Gasteiger partial charge < -0.3 is 19.6 Å². The largest absolute Gasteiger partial charge is 0.459 e. The third-order valence-electron chi connectivity index (χ3n) is 4.56. The summed E-state index contributed by atoms with van der Waals surface area (Å²) >= 11 is 6.14. The number of amides is 2. The first kappa shape index (κ1) is 19.7. The Kier molecular flexibility index (Phi) is 5.81. The van der Waals surface area contributed by atoms with Gasteiger partial charge in [-0.1, -0.05) is 35.9 Å². The lowest BCUT2D eigenvalue weighted by Crippen LogP contribution is -2.27. The molecule has 30 heavy (non-hydrogen) atoms. The Morgan fingerprint density at radius 3 is 2.63 bits per heavy atom. The van der Waals surface area contributed by atoms with Crippen molar-refractivity contribution in [3.05, 3.63) is 83.5 Å². The van der Waals surface area contributed by atoms with E-state index >= 15 is 0 Å². The molecule has 4 aromatic rings. The first-order valence-corrected chi connectivity index (χ1v) is 9.80. The van der Waals surface area contributed by atoms with E-state index in [0.29, 0.717) is 29.5 Å². The van der Waals surface area contributed by atoms with Crippen LogP contribution < -0.4 is 10.6 Å². The standard InChI is InChI=1S/C22H19ClN4O3/c23-15-6-1-2-7-16(15)26-21(28)14-27-18-9-4-3-8-17(18)25-20(27)11-12-24-22(29)19-10-5-13-30-19/h1-10,13H,11-12,14H2,(H,24,29)(H,26,28). The number of carbonyl (C=O) groups is 2. The fourth-order valence-corrected chi connectivity index (χ4v) is 3.35. The Morgan fingerprint density at radius 2 is 1.83 bits per heavy atom. The third kappa shape index (κ3) is 4.36. The number of rotatable bonds is 7. The highest BCUT2D eigenvalue weighted by Crippen LogP contribution is 2.21. The second kappa shape index (κ2) is 8.84. The molecule has 4 rings (SSSR count). The van der Waals surface area contributed by atoms with Crippen LogP contribution in [-0.2, 0) is 17.8 Å². The molecule has 0 fully saturated rings. The minimum atomic E-state index is -0.292. The molecule has 2 N–H and O–H groups in total. The monoisotopic (exact) mass is 422 g/mol. The molecule has 0 aliphatic carbocycles. The molecule has 0 aliphatic rings. The van der Waals surface area contributed by atoms with Crippen LogP contribution in [0.1, 0.15) is 16.4 Å². The second-order valence-corrected chi connectivity index (χ2v) is 7.02. The molecule has 8 heteroatoms. The number of imidazole rings is 1. The van der Waals surface area contributed by atoms with Crippen molar-refractivity contribution in [3.63, 3.8) is 0 Å². The molecule has 0 unspecified atom stereocenters. The summed E-state index contributed by atoms with van der Waals surface area (Å²) < 4.78 is 6.94. The van der Waals surface area contributed by atoms with Crippen LogP contribution in [0.4, 0.5) is 5.69 Å². The smallest absolute Gasteiger partial charge is 0.286 e. The number of aromatic nitrogens is 2. The predicted molar refractivity (Wildman–Crippen MR) is 115 cm³/mol. The summed E-state index contributed by atoms with van der Waals surface area (Å²) in [6, 6.07) is 17.9. The SMILES string of the molecule is O=C(Cn1c(CCNC(=O)c2ccco2)nc2ccccc21)Nc1ccccc1Cl. The van der Waals surface area contributed by atoms with Gasteiger partial charge in [0.1, 0.15) is 12.4 Å². The molecule has 2 amide bonds. The van der Waals surface area contributed by atoms with E-state index in [0.717, 1.165) is 11.0 Å². The summed E-state index contributed by atoms with van der Waals surface area (Å²) in [7, 11) is 0. The summed E-state index contributed by atoms with van der Waals surface area (Å²) in [5, 5.41) is 6.11. The molecule has 0 atom stereocenters. The van der Waals surface area contributed by atoms with Crippen LogP contribution in [0.3, 0.4) is 0 Å². The lowest BCUT2D eigenvalue weighted by Gasteiger charge is -2.11. The van der Waals surface area contributed by atoms with E-state index < -0.39 is 0 Å². The van der Waals surface area contributed by atoms with E-state index in [2.05, 4.69) is 15.6 Å². The molecule has 0 bridgehead atoms. The van der Waals surface area contributed by atoms with E-state index in [1.54, 1.807) is 36.4 Å². The average molecular weight is 423 g/mol. The van der Waals surface area contributed by atoms with Gasteiger partial charge in [0.15, 0.2) is 5.76 Å². The van der Waals surface area contributed by atoms with Crippen LogP contribution in [-0.4, -0.2) is 27.9 Å². The molecular weight excluding hydrogens is 404 g/mol. The molecule has 0 saturated heterocycles. The van der Waals surface area contributed by atoms with Crippen LogP contribution >= 0.6 is 11.6 Å². The van der Waals surface area contributed by atoms with Gasteiger partial charge in [-0.2, -0.15) is 0 Å². The Labute approximate surface area is 177 Å². The van der Waals surface area contributed by atoms with Crippen LogP contribution in [0.5, 0.6) is 0 Å². The van der Waals surface area contributed by atoms with Gasteiger partial charge in [-0.25, -0.2) is 4.98 Å². The van der Waals surface area contributed by atoms with Crippen LogP contribution in [0.15, 0.2) is 71.3 Å². The predicted octanol–water partition coefficient (Wildman–Crippen LogP) is 3.89. The van der Waals surface area contributed by atoms with E-state index in [1.165, 1.54) is 6.26 Å². The zero-order chi connectivity index (χ0) is 20.9. The van der Waals surface area contributed by atoms with Crippen molar-refractivity contribution < 1.29 is 14.0 Å². The average Bonchev–Trinajstić information content (AvgIpc) is 3.39. The normalized spacial score (nSPS) is 10.8. The topological polar surface area (TPSA) is 89.2 Å². The molecule has 152 valence electrons. The number of hydrogen-bond donors (Lipinski definition) is 2. The number of halogens is 1. The highest BCUT2D eigenvalue weighted by Gasteiger charge is 2.15. The molecule has 0 radical (unpaired) electrons. The first-order valence-electron chi connectivity index (χ1n) is 9.42. The molecule has 2 heterocycles. The lowest BCUT2D eigenvalue weighted by atomic mass is 10.3. The van der Waals surface area contributed by atoms with Crippen LogP contribution in [0.25, 0.3) is 11.0 Å². The summed E-state index contributed by atoms with van der Waals surface area (Å²) in [5.41, 5.74) is 2.19. The van der Waals surface area contributed by atoms with Gasteiger partial charge in [-0.3, -0.25) is 9.59 Å². The first-order chi connectivity index (χ1) is 14.6. The van der Waals surface area contributed by atoms with E-state index in [9.17, 15) is 9.59 Å². The van der Waals surface area contributed by atoms with Gasteiger partial charge in [-0.05, 0) is 36.4 Å². The Morgan fingerprint density at radius 1 is 1.03 bits per heavy atom. The molecule has 0 aliphatic heterocycles. The van der Waals surface area contributed by atoms with Crippen LogP contribution in [0.2, 0.25) is 5.02 Å². The minimum Gasteiger partial charge on any atom is -0.459 e. The van der Waals surface area contributed by atoms with Crippen molar-refractivity contribution in [1.82, 2.24) is 14.9 Å². The molecule has 2 aromatic carbocycles. The van der Waals surface area contributed by atoms with Crippen molar-refractivity contribution in [3.8, 4) is 0 Å². The Bertz CT molecular complexity index is 1180. The quantitative estimate of drug-likeness (QED) is 0.472. The van der Waals surface area contributed by atoms with Crippen molar-refractivity contribution in [1.29, 1.82) is 0 Å². The maximum absolute atomic E-state index is 12.7. The van der Waals surface area contributed by atoms with Gasteiger partial charge in [0.2, 0.25) is 5.91 Å². The fourth-order valence-electron chi connectivity index (χ4n) is 3.17. The Hall–Kier alpha value is -3.58. The molecule has 2 aromatic heterocycles. The molecular formula is C22H19ClN4O3. The minimum absolute atomic E-state index is 0.0766. The van der Waals surface area contributed by atoms with Gasteiger partial charge in [0, 0.05) is 13.0 Å². The maximum atomic E-state index is 12.7. The second-order valence-electron chi connectivity index (χ2n) is 6.61. The van der Waals surface area contributed by atoms with Crippen molar-refractivity contribution >= 4 is 40.1 Å². The number of fused-ring (bicyclic) bond motifs is 1. The van der Waals surface area contributed by atoms with Crippen LogP contribution in [0, 0.1) is 0 Å². The fraction of sp³-hybridized carbons (Fsp3) is 0.136. The van der Waals surface area contributed by atoms with Crippen molar-refractivity contribution in [2.45, 2.75) is 13.0 Å². The van der Waals surface area contributed by atoms with Gasteiger partial charge in [-0.15, -0.1) is 0 Å². The lowest BCUT2D eigenvalue weighted by molar-refractivity contribution is -0.116. The number of nitrogens with zero attached hydrogens (tertiary/aromatic N) is 2. The summed E-state index contributed by atoms with van der Waals surface area (Å²) in [6.07, 6.45) is 1.91. The summed E-state index contributed by atoms with van der Waals surface area (Å²) in [5.74, 6) is 0.444. The van der Waals surface area contributed by atoms with Crippen molar-refractivity contribution in [2.75, 3.05) is 11.9 Å². The Balaban J connectivity index is 1.49. The van der Waals surface area contributed by atoms with Gasteiger partial charge >= 0.3 is 0 Å².